The molecule has 3 nitrogen and oxygen atoms in total. The van der Waals surface area contributed by atoms with Crippen molar-refractivity contribution >= 4 is 17.6 Å². The van der Waals surface area contributed by atoms with Crippen molar-refractivity contribution in [3.05, 3.63) is 70.2 Å². The average molecular weight is 286 g/mol. The molecule has 2 aromatic carbocycles. The molecule has 1 N–H and O–H groups in total. The molecule has 0 heterocycles. The first-order valence-electron chi connectivity index (χ1n) is 6.07. The Bertz CT molecular complexity index is 676. The molecule has 0 aliphatic carbocycles. The molecule has 0 spiro atoms. The Kier molecular flexibility index (Phi) is 4.39. The number of hydrogen-bond donors (Lipinski definition) is 1. The van der Waals surface area contributed by atoms with Gasteiger partial charge >= 0.3 is 5.97 Å². The maximum Gasteiger partial charge on any atom is 0.311 e. The summed E-state index contributed by atoms with van der Waals surface area (Å²) in [6.07, 6.45) is 0.325. The van der Waals surface area contributed by atoms with E-state index in [1.165, 1.54) is 0 Å². The average Bonchev–Trinajstić information content (AvgIpc) is 2.44. The molecule has 0 aliphatic heterocycles. The van der Waals surface area contributed by atoms with Crippen molar-refractivity contribution in [2.24, 2.45) is 0 Å². The van der Waals surface area contributed by atoms with Crippen molar-refractivity contribution < 1.29 is 9.90 Å². The largest absolute Gasteiger partial charge is 0.481 e. The molecule has 0 aromatic heterocycles. The van der Waals surface area contributed by atoms with Crippen molar-refractivity contribution in [2.75, 3.05) is 0 Å². The fraction of sp³-hybridized carbons (Fsp3) is 0.125. The van der Waals surface area contributed by atoms with Crippen LogP contribution in [0, 0.1) is 11.3 Å². The predicted octanol–water partition coefficient (Wildman–Crippen LogP) is 3.62. The van der Waals surface area contributed by atoms with E-state index in [4.69, 9.17) is 16.9 Å². The number of carboxylic acid groups (broad SMARTS) is 1. The summed E-state index contributed by atoms with van der Waals surface area (Å²) in [5.41, 5.74) is 2.00. The van der Waals surface area contributed by atoms with Crippen LogP contribution in [-0.4, -0.2) is 11.1 Å². The zero-order chi connectivity index (χ0) is 14.5. The lowest BCUT2D eigenvalue weighted by molar-refractivity contribution is -0.138. The summed E-state index contributed by atoms with van der Waals surface area (Å²) in [4.78, 5) is 11.5. The van der Waals surface area contributed by atoms with Crippen LogP contribution in [0.4, 0.5) is 0 Å². The molecule has 1 unspecified atom stereocenters. The van der Waals surface area contributed by atoms with Crippen molar-refractivity contribution in [3.63, 3.8) is 0 Å². The Morgan fingerprint density at radius 1 is 1.25 bits per heavy atom. The van der Waals surface area contributed by atoms with Crippen LogP contribution in [0.5, 0.6) is 0 Å². The van der Waals surface area contributed by atoms with Gasteiger partial charge in [-0.05, 0) is 41.8 Å². The summed E-state index contributed by atoms with van der Waals surface area (Å²) in [5.74, 6) is -1.59. The van der Waals surface area contributed by atoms with Crippen LogP contribution >= 0.6 is 11.6 Å². The van der Waals surface area contributed by atoms with Crippen molar-refractivity contribution in [1.29, 1.82) is 5.26 Å². The summed E-state index contributed by atoms with van der Waals surface area (Å²) in [7, 11) is 0. The van der Waals surface area contributed by atoms with E-state index in [0.717, 1.165) is 5.56 Å². The first-order chi connectivity index (χ1) is 9.60. The number of nitriles is 1. The highest BCUT2D eigenvalue weighted by atomic mass is 35.5. The van der Waals surface area contributed by atoms with Crippen molar-refractivity contribution in [3.8, 4) is 6.07 Å². The first-order valence-corrected chi connectivity index (χ1v) is 6.45. The van der Waals surface area contributed by atoms with Gasteiger partial charge in [-0.2, -0.15) is 5.26 Å². The molecule has 2 aromatic rings. The topological polar surface area (TPSA) is 61.1 Å². The molecule has 100 valence electrons. The molecule has 0 saturated heterocycles. The minimum absolute atomic E-state index is 0.325. The highest BCUT2D eigenvalue weighted by molar-refractivity contribution is 6.30. The van der Waals surface area contributed by atoms with Crippen LogP contribution in [0.1, 0.15) is 22.6 Å². The number of carboxylic acids is 1. The van der Waals surface area contributed by atoms with Gasteiger partial charge in [0, 0.05) is 5.02 Å². The summed E-state index contributed by atoms with van der Waals surface area (Å²) in [6.45, 7) is 0. The van der Waals surface area contributed by atoms with Gasteiger partial charge in [-0.25, -0.2) is 0 Å². The third kappa shape index (κ3) is 3.37. The van der Waals surface area contributed by atoms with Gasteiger partial charge in [0.25, 0.3) is 0 Å². The Labute approximate surface area is 122 Å². The van der Waals surface area contributed by atoms with E-state index in [1.807, 2.05) is 6.07 Å². The molecule has 0 saturated carbocycles. The van der Waals surface area contributed by atoms with E-state index >= 15 is 0 Å². The molecule has 0 radical (unpaired) electrons. The highest BCUT2D eigenvalue weighted by Gasteiger charge is 2.20. The van der Waals surface area contributed by atoms with Crippen LogP contribution in [0.15, 0.2) is 48.5 Å². The summed E-state index contributed by atoms with van der Waals surface area (Å²) < 4.78 is 0. The molecule has 0 fully saturated rings. The van der Waals surface area contributed by atoms with E-state index in [0.29, 0.717) is 22.6 Å². The van der Waals surface area contributed by atoms with Crippen LogP contribution in [0.3, 0.4) is 0 Å². The highest BCUT2D eigenvalue weighted by Crippen LogP contribution is 2.24. The number of nitrogens with zero attached hydrogens (tertiary/aromatic N) is 1. The lowest BCUT2D eigenvalue weighted by Gasteiger charge is -2.13. The molecule has 4 heteroatoms. The second kappa shape index (κ2) is 6.23. The molecular weight excluding hydrogens is 274 g/mol. The van der Waals surface area contributed by atoms with Gasteiger partial charge in [0.1, 0.15) is 0 Å². The second-order valence-corrected chi connectivity index (χ2v) is 4.90. The Hall–Kier alpha value is -2.31. The van der Waals surface area contributed by atoms with Gasteiger partial charge in [0.2, 0.25) is 0 Å². The molecule has 2 rings (SSSR count). The molecular formula is C16H12ClNO2. The van der Waals surface area contributed by atoms with E-state index in [-0.39, 0.29) is 0 Å². The number of aliphatic carboxylic acids is 1. The van der Waals surface area contributed by atoms with Gasteiger partial charge in [0.05, 0.1) is 17.6 Å². The maximum atomic E-state index is 11.5. The normalized spacial score (nSPS) is 11.6. The minimum atomic E-state index is -0.908. The maximum absolute atomic E-state index is 11.5. The molecule has 20 heavy (non-hydrogen) atoms. The van der Waals surface area contributed by atoms with Gasteiger partial charge < -0.3 is 5.11 Å². The SMILES string of the molecule is N#Cc1cccc(CC(C(=O)O)c2cccc(Cl)c2)c1. The second-order valence-electron chi connectivity index (χ2n) is 4.46. The van der Waals surface area contributed by atoms with E-state index in [1.54, 1.807) is 42.5 Å². The minimum Gasteiger partial charge on any atom is -0.481 e. The quantitative estimate of drug-likeness (QED) is 0.933. The van der Waals surface area contributed by atoms with E-state index in [2.05, 4.69) is 6.07 Å². The predicted molar refractivity (Wildman–Crippen MR) is 76.7 cm³/mol. The number of benzene rings is 2. The summed E-state index contributed by atoms with van der Waals surface area (Å²) in [5, 5.41) is 18.8. The standard InChI is InChI=1S/C16H12ClNO2/c17-14-6-2-5-13(9-14)15(16(19)20)8-11-3-1-4-12(7-11)10-18/h1-7,9,15H,8H2,(H,19,20). The van der Waals surface area contributed by atoms with E-state index < -0.39 is 11.9 Å². The lowest BCUT2D eigenvalue weighted by atomic mass is 9.91. The zero-order valence-corrected chi connectivity index (χ0v) is 11.3. The summed E-state index contributed by atoms with van der Waals surface area (Å²) in [6, 6.07) is 15.9. The van der Waals surface area contributed by atoms with Gasteiger partial charge in [-0.1, -0.05) is 35.9 Å². The first kappa shape index (κ1) is 14.1. The Balaban J connectivity index is 2.31. The number of hydrogen-bond acceptors (Lipinski definition) is 2. The molecule has 0 aliphatic rings. The molecule has 0 bridgehead atoms. The smallest absolute Gasteiger partial charge is 0.311 e. The third-order valence-corrected chi connectivity index (χ3v) is 3.28. The van der Waals surface area contributed by atoms with Crippen LogP contribution in [0.25, 0.3) is 0 Å². The Morgan fingerprint density at radius 3 is 2.65 bits per heavy atom. The number of halogens is 1. The Morgan fingerprint density at radius 2 is 2.00 bits per heavy atom. The number of carbonyl (C=O) groups is 1. The fourth-order valence-corrected chi connectivity index (χ4v) is 2.27. The molecule has 0 amide bonds. The van der Waals surface area contributed by atoms with Crippen molar-refractivity contribution in [2.45, 2.75) is 12.3 Å². The van der Waals surface area contributed by atoms with Crippen LogP contribution in [-0.2, 0) is 11.2 Å². The van der Waals surface area contributed by atoms with Crippen LogP contribution < -0.4 is 0 Å². The van der Waals surface area contributed by atoms with E-state index in [9.17, 15) is 9.90 Å². The summed E-state index contributed by atoms with van der Waals surface area (Å²) >= 11 is 5.91. The van der Waals surface area contributed by atoms with Gasteiger partial charge in [-0.3, -0.25) is 4.79 Å². The van der Waals surface area contributed by atoms with Gasteiger partial charge in [-0.15, -0.1) is 0 Å². The zero-order valence-electron chi connectivity index (χ0n) is 10.6. The lowest BCUT2D eigenvalue weighted by Crippen LogP contribution is -2.14. The monoisotopic (exact) mass is 285 g/mol. The third-order valence-electron chi connectivity index (χ3n) is 3.05. The molecule has 1 atom stereocenters. The number of rotatable bonds is 4. The fourth-order valence-electron chi connectivity index (χ4n) is 2.07. The van der Waals surface area contributed by atoms with Crippen molar-refractivity contribution in [1.82, 2.24) is 0 Å². The van der Waals surface area contributed by atoms with Gasteiger partial charge in [0.15, 0.2) is 0 Å². The van der Waals surface area contributed by atoms with Crippen LogP contribution in [0.2, 0.25) is 5.02 Å².